The minimum atomic E-state index is -0.438. The van der Waals surface area contributed by atoms with E-state index in [-0.39, 0.29) is 11.9 Å². The van der Waals surface area contributed by atoms with Gasteiger partial charge in [0.15, 0.2) is 0 Å². The Labute approximate surface area is 136 Å². The van der Waals surface area contributed by atoms with Crippen LogP contribution < -0.4 is 5.32 Å². The van der Waals surface area contributed by atoms with Gasteiger partial charge in [-0.2, -0.15) is 0 Å². The summed E-state index contributed by atoms with van der Waals surface area (Å²) in [6.45, 7) is 1.94. The molecule has 2 unspecified atom stereocenters. The molecule has 1 heterocycles. The first kappa shape index (κ1) is 15.7. The van der Waals surface area contributed by atoms with Gasteiger partial charge in [0, 0.05) is 17.3 Å². The van der Waals surface area contributed by atoms with Gasteiger partial charge in [-0.05, 0) is 43.5 Å². The number of benzene rings is 1. The summed E-state index contributed by atoms with van der Waals surface area (Å²) in [4.78, 5) is 17.0. The van der Waals surface area contributed by atoms with Crippen LogP contribution in [0.3, 0.4) is 0 Å². The number of nitrogens with zero attached hydrogens (tertiary/aromatic N) is 1. The van der Waals surface area contributed by atoms with Crippen molar-refractivity contribution in [2.45, 2.75) is 44.8 Å². The number of hydrogen-bond donors (Lipinski definition) is 2. The quantitative estimate of drug-likeness (QED) is 0.916. The molecule has 4 nitrogen and oxygen atoms in total. The molecule has 0 spiro atoms. The molecule has 1 aromatic heterocycles. The minimum Gasteiger partial charge on any atom is -0.391 e. The Morgan fingerprint density at radius 1 is 1.17 bits per heavy atom. The van der Waals surface area contributed by atoms with Crippen LogP contribution in [0.25, 0.3) is 11.3 Å². The summed E-state index contributed by atoms with van der Waals surface area (Å²) in [7, 11) is 0. The second-order valence-corrected chi connectivity index (χ2v) is 6.12. The predicted molar refractivity (Wildman–Crippen MR) is 90.1 cm³/mol. The average molecular weight is 310 g/mol. The normalized spacial score (nSPS) is 21.0. The number of nitrogens with one attached hydrogen (secondary N) is 1. The lowest BCUT2D eigenvalue weighted by Crippen LogP contribution is -2.45. The molecule has 0 aliphatic heterocycles. The highest BCUT2D eigenvalue weighted by atomic mass is 16.3. The first-order chi connectivity index (χ1) is 11.2. The van der Waals surface area contributed by atoms with Crippen molar-refractivity contribution in [3.05, 3.63) is 53.7 Å². The fourth-order valence-electron chi connectivity index (χ4n) is 3.21. The van der Waals surface area contributed by atoms with Crippen LogP contribution in [0.15, 0.2) is 42.6 Å². The van der Waals surface area contributed by atoms with E-state index in [0.29, 0.717) is 5.56 Å². The van der Waals surface area contributed by atoms with Crippen molar-refractivity contribution < 1.29 is 9.90 Å². The molecular formula is C19H22N2O2. The van der Waals surface area contributed by atoms with E-state index in [1.165, 1.54) is 0 Å². The van der Waals surface area contributed by atoms with Crippen LogP contribution in [0.1, 0.15) is 41.6 Å². The van der Waals surface area contributed by atoms with Gasteiger partial charge in [-0.3, -0.25) is 9.78 Å². The van der Waals surface area contributed by atoms with E-state index in [9.17, 15) is 9.90 Å². The number of pyridine rings is 1. The molecule has 120 valence electrons. The molecule has 1 saturated carbocycles. The molecule has 2 N–H and O–H groups in total. The Hall–Kier alpha value is -2.20. The fourth-order valence-corrected chi connectivity index (χ4v) is 3.21. The van der Waals surface area contributed by atoms with Gasteiger partial charge < -0.3 is 10.4 Å². The maximum Gasteiger partial charge on any atom is 0.251 e. The lowest BCUT2D eigenvalue weighted by atomic mass is 9.92. The summed E-state index contributed by atoms with van der Waals surface area (Å²) in [5, 5.41) is 13.0. The van der Waals surface area contributed by atoms with Crippen LogP contribution in [0.2, 0.25) is 0 Å². The second-order valence-electron chi connectivity index (χ2n) is 6.12. The van der Waals surface area contributed by atoms with Crippen LogP contribution in [0, 0.1) is 6.92 Å². The molecule has 2 atom stereocenters. The summed E-state index contributed by atoms with van der Waals surface area (Å²) < 4.78 is 0. The molecule has 0 saturated heterocycles. The zero-order valence-electron chi connectivity index (χ0n) is 13.3. The number of aliphatic hydroxyl groups is 1. The molecule has 0 radical (unpaired) electrons. The molecular weight excluding hydrogens is 288 g/mol. The third kappa shape index (κ3) is 3.42. The smallest absolute Gasteiger partial charge is 0.251 e. The average Bonchev–Trinajstić information content (AvgIpc) is 2.58. The number of rotatable bonds is 3. The van der Waals surface area contributed by atoms with Crippen LogP contribution >= 0.6 is 0 Å². The van der Waals surface area contributed by atoms with Crippen molar-refractivity contribution in [2.75, 3.05) is 0 Å². The molecule has 23 heavy (non-hydrogen) atoms. The molecule has 1 aliphatic rings. The summed E-state index contributed by atoms with van der Waals surface area (Å²) >= 11 is 0. The summed E-state index contributed by atoms with van der Waals surface area (Å²) in [5.74, 6) is -0.119. The lowest BCUT2D eigenvalue weighted by Gasteiger charge is -2.28. The lowest BCUT2D eigenvalue weighted by molar-refractivity contribution is 0.0717. The van der Waals surface area contributed by atoms with Gasteiger partial charge in [-0.15, -0.1) is 0 Å². The number of aromatic nitrogens is 1. The van der Waals surface area contributed by atoms with Crippen molar-refractivity contribution in [2.24, 2.45) is 0 Å². The van der Waals surface area contributed by atoms with E-state index in [0.717, 1.165) is 42.5 Å². The maximum atomic E-state index is 12.6. The molecule has 2 aromatic rings. The number of aliphatic hydroxyl groups excluding tert-OH is 1. The first-order valence-electron chi connectivity index (χ1n) is 8.17. The van der Waals surface area contributed by atoms with E-state index in [2.05, 4.69) is 10.3 Å². The molecule has 1 fully saturated rings. The predicted octanol–water partition coefficient (Wildman–Crippen LogP) is 3.09. The van der Waals surface area contributed by atoms with Crippen LogP contribution in [-0.2, 0) is 0 Å². The summed E-state index contributed by atoms with van der Waals surface area (Å²) in [5.41, 5.74) is 3.37. The Morgan fingerprint density at radius 2 is 2.00 bits per heavy atom. The Morgan fingerprint density at radius 3 is 2.74 bits per heavy atom. The minimum absolute atomic E-state index is 0.119. The van der Waals surface area contributed by atoms with Gasteiger partial charge in [-0.1, -0.05) is 31.0 Å². The van der Waals surface area contributed by atoms with Gasteiger partial charge in [0.25, 0.3) is 5.91 Å². The number of hydrogen-bond acceptors (Lipinski definition) is 3. The van der Waals surface area contributed by atoms with Crippen molar-refractivity contribution >= 4 is 5.91 Å². The summed E-state index contributed by atoms with van der Waals surface area (Å²) in [6.07, 6.45) is 4.99. The van der Waals surface area contributed by atoms with Crippen molar-refractivity contribution in [1.29, 1.82) is 0 Å². The molecule has 1 aromatic carbocycles. The molecule has 4 heteroatoms. The highest BCUT2D eigenvalue weighted by Crippen LogP contribution is 2.25. The zero-order chi connectivity index (χ0) is 16.2. The topological polar surface area (TPSA) is 62.2 Å². The molecule has 0 bridgehead atoms. The SMILES string of the molecule is Cc1c(C(=O)NC2CCCCC2O)cccc1-c1ccccn1. The van der Waals surface area contributed by atoms with Crippen molar-refractivity contribution in [3.63, 3.8) is 0 Å². The van der Waals surface area contributed by atoms with E-state index in [1.54, 1.807) is 6.20 Å². The zero-order valence-corrected chi connectivity index (χ0v) is 13.3. The fraction of sp³-hybridized carbons (Fsp3) is 0.368. The monoisotopic (exact) mass is 310 g/mol. The third-order valence-corrected chi connectivity index (χ3v) is 4.57. The van der Waals surface area contributed by atoms with Crippen LogP contribution in [0.5, 0.6) is 0 Å². The van der Waals surface area contributed by atoms with E-state index >= 15 is 0 Å². The van der Waals surface area contributed by atoms with Crippen LogP contribution in [-0.4, -0.2) is 28.1 Å². The van der Waals surface area contributed by atoms with Crippen molar-refractivity contribution in [1.82, 2.24) is 10.3 Å². The maximum absolute atomic E-state index is 12.6. The molecule has 3 rings (SSSR count). The summed E-state index contributed by atoms with van der Waals surface area (Å²) in [6, 6.07) is 11.3. The van der Waals surface area contributed by atoms with E-state index in [4.69, 9.17) is 0 Å². The second kappa shape index (κ2) is 6.92. The van der Waals surface area contributed by atoms with Gasteiger partial charge in [0.1, 0.15) is 0 Å². The number of carbonyl (C=O) groups is 1. The number of amides is 1. The standard InChI is InChI=1S/C19H22N2O2/c1-13-14(16-9-4-5-12-20-16)7-6-8-15(13)19(23)21-17-10-2-3-11-18(17)22/h4-9,12,17-18,22H,2-3,10-11H2,1H3,(H,21,23). The Kier molecular flexibility index (Phi) is 4.72. The Balaban J connectivity index is 1.84. The van der Waals surface area contributed by atoms with Gasteiger partial charge >= 0.3 is 0 Å². The van der Waals surface area contributed by atoms with E-state index < -0.39 is 6.10 Å². The van der Waals surface area contributed by atoms with E-state index in [1.807, 2.05) is 43.3 Å². The van der Waals surface area contributed by atoms with Gasteiger partial charge in [0.2, 0.25) is 0 Å². The highest BCUT2D eigenvalue weighted by Gasteiger charge is 2.25. The molecule has 1 amide bonds. The first-order valence-corrected chi connectivity index (χ1v) is 8.17. The van der Waals surface area contributed by atoms with Crippen LogP contribution in [0.4, 0.5) is 0 Å². The largest absolute Gasteiger partial charge is 0.391 e. The highest BCUT2D eigenvalue weighted by molar-refractivity contribution is 5.97. The number of carbonyl (C=O) groups excluding carboxylic acids is 1. The Bertz CT molecular complexity index is 685. The van der Waals surface area contributed by atoms with Gasteiger partial charge in [-0.25, -0.2) is 0 Å². The van der Waals surface area contributed by atoms with Crippen molar-refractivity contribution in [3.8, 4) is 11.3 Å². The third-order valence-electron chi connectivity index (χ3n) is 4.57. The molecule has 1 aliphatic carbocycles. The van der Waals surface area contributed by atoms with Gasteiger partial charge in [0.05, 0.1) is 17.8 Å².